The highest BCUT2D eigenvalue weighted by molar-refractivity contribution is 5.79. The van der Waals surface area contributed by atoms with E-state index in [9.17, 15) is 4.79 Å². The molecule has 8 heteroatoms. The van der Waals surface area contributed by atoms with Crippen molar-refractivity contribution in [1.82, 2.24) is 24.8 Å². The average molecular weight is 416 g/mol. The second kappa shape index (κ2) is 8.44. The van der Waals surface area contributed by atoms with Crippen LogP contribution in [0.15, 0.2) is 43.0 Å². The number of amides is 1. The van der Waals surface area contributed by atoms with Crippen LogP contribution < -0.4 is 0 Å². The third kappa shape index (κ3) is 4.01. The van der Waals surface area contributed by atoms with Crippen molar-refractivity contribution in [3.8, 4) is 6.07 Å². The molecule has 3 aromatic rings. The topological polar surface area (TPSA) is 96.9 Å². The lowest BCUT2D eigenvalue weighted by Crippen LogP contribution is -2.37. The summed E-state index contributed by atoms with van der Waals surface area (Å²) in [5.41, 5.74) is 2.26. The molecule has 1 saturated carbocycles. The van der Waals surface area contributed by atoms with Gasteiger partial charge in [0.2, 0.25) is 5.91 Å². The van der Waals surface area contributed by atoms with Crippen LogP contribution in [0.25, 0.3) is 10.9 Å². The number of carbonyl (C=O) groups excluding carboxylic acids is 1. The average Bonchev–Trinajstić information content (AvgIpc) is 3.46. The standard InChI is InChI=1S/C23H24N6O2/c24-12-17-3-6-19-15-28(27-20(19)11-17)14-16-1-4-18(5-2-16)23(30)29-22(7-10-31-29)21-13-25-8-9-26-21/h3,6,8-9,11,13,15-16,18,22H,1-2,4-5,7,10,14H2/t16?,18?,22-/m0/s1. The number of fused-ring (bicyclic) bond motifs is 1. The molecule has 3 heterocycles. The van der Waals surface area contributed by atoms with E-state index in [2.05, 4.69) is 21.1 Å². The molecule has 5 rings (SSSR count). The summed E-state index contributed by atoms with van der Waals surface area (Å²) in [5.74, 6) is 0.549. The second-order valence-electron chi connectivity index (χ2n) is 8.39. The maximum absolute atomic E-state index is 13.1. The smallest absolute Gasteiger partial charge is 0.249 e. The number of hydrogen-bond donors (Lipinski definition) is 0. The number of hydrogen-bond acceptors (Lipinski definition) is 6. The van der Waals surface area contributed by atoms with Gasteiger partial charge < -0.3 is 0 Å². The van der Waals surface area contributed by atoms with Gasteiger partial charge in [0.15, 0.2) is 0 Å². The first-order chi connectivity index (χ1) is 15.2. The Labute approximate surface area is 180 Å². The summed E-state index contributed by atoms with van der Waals surface area (Å²) in [5, 5.41) is 16.3. The molecule has 8 nitrogen and oxygen atoms in total. The zero-order valence-corrected chi connectivity index (χ0v) is 17.2. The second-order valence-corrected chi connectivity index (χ2v) is 8.39. The number of carbonyl (C=O) groups is 1. The molecule has 2 aliphatic rings. The predicted octanol–water partition coefficient (Wildman–Crippen LogP) is 3.41. The molecule has 1 aromatic carbocycles. The Kier molecular flexibility index (Phi) is 5.35. The summed E-state index contributed by atoms with van der Waals surface area (Å²) in [6.45, 7) is 1.36. The van der Waals surface area contributed by atoms with Gasteiger partial charge in [-0.1, -0.05) is 0 Å². The van der Waals surface area contributed by atoms with Crippen molar-refractivity contribution in [3.05, 3.63) is 54.2 Å². The van der Waals surface area contributed by atoms with Gasteiger partial charge in [-0.25, -0.2) is 5.06 Å². The fraction of sp³-hybridized carbons (Fsp3) is 0.435. The van der Waals surface area contributed by atoms with Gasteiger partial charge in [-0.05, 0) is 49.8 Å². The van der Waals surface area contributed by atoms with E-state index in [0.29, 0.717) is 18.1 Å². The summed E-state index contributed by atoms with van der Waals surface area (Å²) < 4.78 is 1.98. The molecule has 1 saturated heterocycles. The van der Waals surface area contributed by atoms with E-state index in [1.54, 1.807) is 23.7 Å². The molecule has 0 spiro atoms. The molecule has 158 valence electrons. The van der Waals surface area contributed by atoms with E-state index >= 15 is 0 Å². The van der Waals surface area contributed by atoms with Gasteiger partial charge in [0.25, 0.3) is 0 Å². The highest BCUT2D eigenvalue weighted by Crippen LogP contribution is 2.36. The molecule has 1 atom stereocenters. The van der Waals surface area contributed by atoms with Crippen molar-refractivity contribution in [2.24, 2.45) is 11.8 Å². The molecule has 1 aliphatic carbocycles. The van der Waals surface area contributed by atoms with E-state index in [-0.39, 0.29) is 17.9 Å². The number of hydroxylamine groups is 2. The van der Waals surface area contributed by atoms with Crippen molar-refractivity contribution in [2.75, 3.05) is 6.61 Å². The van der Waals surface area contributed by atoms with Gasteiger partial charge in [0, 0.05) is 42.9 Å². The molecule has 0 unspecified atom stereocenters. The quantitative estimate of drug-likeness (QED) is 0.647. The normalized spacial score (nSPS) is 23.7. The summed E-state index contributed by atoms with van der Waals surface area (Å²) in [4.78, 5) is 27.3. The highest BCUT2D eigenvalue weighted by Gasteiger charge is 2.38. The number of nitrogens with zero attached hydrogens (tertiary/aromatic N) is 6. The Morgan fingerprint density at radius 2 is 2.06 bits per heavy atom. The minimum Gasteiger partial charge on any atom is -0.272 e. The maximum Gasteiger partial charge on any atom is 0.249 e. The molecule has 0 bridgehead atoms. The molecule has 2 fully saturated rings. The van der Waals surface area contributed by atoms with Crippen molar-refractivity contribution >= 4 is 16.8 Å². The molecule has 0 N–H and O–H groups in total. The first-order valence-electron chi connectivity index (χ1n) is 10.8. The van der Waals surface area contributed by atoms with Crippen LogP contribution in [0.1, 0.15) is 49.4 Å². The Morgan fingerprint density at radius 3 is 2.84 bits per heavy atom. The van der Waals surface area contributed by atoms with E-state index in [1.807, 2.05) is 29.1 Å². The van der Waals surface area contributed by atoms with Crippen molar-refractivity contribution < 1.29 is 9.63 Å². The van der Waals surface area contributed by atoms with Crippen LogP contribution in [0.2, 0.25) is 0 Å². The number of aromatic nitrogens is 4. The van der Waals surface area contributed by atoms with Crippen LogP contribution in [0.4, 0.5) is 0 Å². The van der Waals surface area contributed by atoms with Crippen molar-refractivity contribution in [2.45, 2.75) is 44.7 Å². The van der Waals surface area contributed by atoms with Crippen LogP contribution >= 0.6 is 0 Å². The molecule has 31 heavy (non-hydrogen) atoms. The third-order valence-electron chi connectivity index (χ3n) is 6.37. The Morgan fingerprint density at radius 1 is 1.19 bits per heavy atom. The number of rotatable bonds is 4. The summed E-state index contributed by atoms with van der Waals surface area (Å²) in [6.07, 6.45) is 11.5. The Bertz CT molecular complexity index is 1110. The zero-order valence-electron chi connectivity index (χ0n) is 17.2. The predicted molar refractivity (Wildman–Crippen MR) is 112 cm³/mol. The van der Waals surface area contributed by atoms with Crippen molar-refractivity contribution in [1.29, 1.82) is 5.26 Å². The largest absolute Gasteiger partial charge is 0.272 e. The first-order valence-corrected chi connectivity index (χ1v) is 10.8. The first kappa shape index (κ1) is 19.6. The number of benzene rings is 1. The van der Waals surface area contributed by atoms with E-state index in [4.69, 9.17) is 10.1 Å². The maximum atomic E-state index is 13.1. The summed E-state index contributed by atoms with van der Waals surface area (Å²) in [6, 6.07) is 7.60. The molecule has 1 aliphatic heterocycles. The van der Waals surface area contributed by atoms with Gasteiger partial charge in [0.05, 0.1) is 35.6 Å². The lowest BCUT2D eigenvalue weighted by atomic mass is 9.81. The lowest BCUT2D eigenvalue weighted by molar-refractivity contribution is -0.183. The minimum atomic E-state index is -0.145. The third-order valence-corrected chi connectivity index (χ3v) is 6.37. The van der Waals surface area contributed by atoms with Gasteiger partial charge in [-0.2, -0.15) is 10.4 Å². The SMILES string of the molecule is N#Cc1ccc2cn(CC3CCC(C(=O)N4OCC[C@H]4c4cnccn4)CC3)nc2c1. The van der Waals surface area contributed by atoms with Gasteiger partial charge in [-0.3, -0.25) is 24.3 Å². The van der Waals surface area contributed by atoms with E-state index in [1.165, 1.54) is 0 Å². The van der Waals surface area contributed by atoms with E-state index < -0.39 is 0 Å². The zero-order chi connectivity index (χ0) is 21.2. The van der Waals surface area contributed by atoms with Gasteiger partial charge in [0.1, 0.15) is 6.04 Å². The van der Waals surface area contributed by atoms with Crippen LogP contribution in [-0.4, -0.2) is 37.3 Å². The van der Waals surface area contributed by atoms with Crippen molar-refractivity contribution in [3.63, 3.8) is 0 Å². The van der Waals surface area contributed by atoms with Crippen LogP contribution in [-0.2, 0) is 16.2 Å². The molecular weight excluding hydrogens is 392 g/mol. The van der Waals surface area contributed by atoms with E-state index in [0.717, 1.165) is 55.2 Å². The Balaban J connectivity index is 1.19. The van der Waals surface area contributed by atoms with Crippen LogP contribution in [0.3, 0.4) is 0 Å². The summed E-state index contributed by atoms with van der Waals surface area (Å²) >= 11 is 0. The van der Waals surface area contributed by atoms with Gasteiger partial charge in [-0.15, -0.1) is 0 Å². The highest BCUT2D eigenvalue weighted by atomic mass is 16.7. The summed E-state index contributed by atoms with van der Waals surface area (Å²) in [7, 11) is 0. The minimum absolute atomic E-state index is 0.0107. The molecule has 0 radical (unpaired) electrons. The Hall–Kier alpha value is -3.31. The molecule has 1 amide bonds. The number of nitriles is 1. The monoisotopic (exact) mass is 416 g/mol. The fourth-order valence-electron chi connectivity index (χ4n) is 4.70. The van der Waals surface area contributed by atoms with Crippen LogP contribution in [0.5, 0.6) is 0 Å². The molecule has 2 aromatic heterocycles. The lowest BCUT2D eigenvalue weighted by Gasteiger charge is -2.31. The van der Waals surface area contributed by atoms with Crippen LogP contribution in [0, 0.1) is 23.2 Å². The molecular formula is C23H24N6O2. The van der Waals surface area contributed by atoms with Gasteiger partial charge >= 0.3 is 0 Å². The fourth-order valence-corrected chi connectivity index (χ4v) is 4.70.